The number of hydrogen-bond acceptors (Lipinski definition) is 5. The topological polar surface area (TPSA) is 57.1 Å². The van der Waals surface area contributed by atoms with Crippen LogP contribution in [0.5, 0.6) is 0 Å². The van der Waals surface area contributed by atoms with E-state index in [1.807, 2.05) is 24.3 Å². The van der Waals surface area contributed by atoms with Crippen LogP contribution in [0.1, 0.15) is 23.6 Å². The number of benzene rings is 2. The number of fused-ring (bicyclic) bond motifs is 3. The first-order chi connectivity index (χ1) is 13.4. The number of aliphatic imine (C=N–C) groups is 1. The third-order valence-corrected chi connectivity index (χ3v) is 5.32. The van der Waals surface area contributed by atoms with E-state index in [-0.39, 0.29) is 17.5 Å². The van der Waals surface area contributed by atoms with Gasteiger partial charge in [0.25, 0.3) is 0 Å². The molecule has 0 saturated carbocycles. The third-order valence-electron chi connectivity index (χ3n) is 4.38. The minimum absolute atomic E-state index is 0.0326. The van der Waals surface area contributed by atoms with E-state index in [1.165, 1.54) is 18.2 Å². The third kappa shape index (κ3) is 3.62. The SMILES string of the molecule is O=C(CSC1=Nc2ccccc2C2CC=NN12)Nc1ccccc1C(F)(F)F. The first kappa shape index (κ1) is 18.5. The predicted octanol–water partition coefficient (Wildman–Crippen LogP) is 4.81. The van der Waals surface area contributed by atoms with E-state index in [9.17, 15) is 18.0 Å². The fraction of sp³-hybridized carbons (Fsp3) is 0.211. The van der Waals surface area contributed by atoms with Crippen LogP contribution in [0.4, 0.5) is 24.5 Å². The molecule has 0 saturated heterocycles. The normalized spacial score (nSPS) is 17.8. The van der Waals surface area contributed by atoms with Crippen LogP contribution >= 0.6 is 11.8 Å². The maximum absolute atomic E-state index is 13.1. The number of carbonyl (C=O) groups excluding carboxylic acids is 1. The van der Waals surface area contributed by atoms with Crippen LogP contribution in [0.15, 0.2) is 58.6 Å². The summed E-state index contributed by atoms with van der Waals surface area (Å²) in [4.78, 5) is 16.8. The van der Waals surface area contributed by atoms with Gasteiger partial charge >= 0.3 is 6.18 Å². The van der Waals surface area contributed by atoms with Crippen molar-refractivity contribution < 1.29 is 18.0 Å². The van der Waals surface area contributed by atoms with Gasteiger partial charge in [-0.2, -0.15) is 18.3 Å². The predicted molar refractivity (Wildman–Crippen MR) is 104 cm³/mol. The van der Waals surface area contributed by atoms with Crippen LogP contribution < -0.4 is 5.32 Å². The molecular formula is C19H15F3N4OS. The van der Waals surface area contributed by atoms with Gasteiger partial charge in [0, 0.05) is 18.2 Å². The molecule has 1 N–H and O–H groups in total. The highest BCUT2D eigenvalue weighted by Crippen LogP contribution is 2.41. The highest BCUT2D eigenvalue weighted by molar-refractivity contribution is 8.14. The Bertz CT molecular complexity index is 974. The molecule has 9 heteroatoms. The Morgan fingerprint density at radius 1 is 1.18 bits per heavy atom. The quantitative estimate of drug-likeness (QED) is 0.799. The molecule has 1 amide bonds. The molecule has 5 nitrogen and oxygen atoms in total. The Labute approximate surface area is 163 Å². The maximum atomic E-state index is 13.1. The Morgan fingerprint density at radius 2 is 1.93 bits per heavy atom. The van der Waals surface area contributed by atoms with Crippen molar-refractivity contribution >= 4 is 40.4 Å². The number of hydrazone groups is 1. The monoisotopic (exact) mass is 404 g/mol. The van der Waals surface area contributed by atoms with Gasteiger partial charge in [-0.3, -0.25) is 4.79 Å². The molecule has 1 unspecified atom stereocenters. The molecule has 2 heterocycles. The van der Waals surface area contributed by atoms with Crippen LogP contribution in [0, 0.1) is 0 Å². The summed E-state index contributed by atoms with van der Waals surface area (Å²) in [5.74, 6) is -0.616. The number of carbonyl (C=O) groups is 1. The highest BCUT2D eigenvalue weighted by Gasteiger charge is 2.34. The van der Waals surface area contributed by atoms with Crippen LogP contribution in [-0.2, 0) is 11.0 Å². The standard InChI is InChI=1S/C19H15F3N4OS/c20-19(21,22)13-6-2-4-8-15(13)24-17(27)11-28-18-25-14-7-3-1-5-12(14)16-9-10-23-26(16)18/h1-8,10,16H,9,11H2,(H,24,27). The first-order valence-corrected chi connectivity index (χ1v) is 9.50. The lowest BCUT2D eigenvalue weighted by atomic mass is 10.0. The highest BCUT2D eigenvalue weighted by atomic mass is 32.2. The van der Waals surface area contributed by atoms with Crippen molar-refractivity contribution in [2.45, 2.75) is 18.6 Å². The Hall–Kier alpha value is -2.81. The van der Waals surface area contributed by atoms with Gasteiger partial charge in [-0.25, -0.2) is 10.0 Å². The molecule has 28 heavy (non-hydrogen) atoms. The molecule has 2 aromatic carbocycles. The molecule has 4 rings (SSSR count). The number of halogens is 3. The van der Waals surface area contributed by atoms with E-state index in [0.29, 0.717) is 5.17 Å². The summed E-state index contributed by atoms with van der Waals surface area (Å²) in [7, 11) is 0. The summed E-state index contributed by atoms with van der Waals surface area (Å²) in [6.07, 6.45) is -2.00. The van der Waals surface area contributed by atoms with Crippen LogP contribution in [0.25, 0.3) is 0 Å². The van der Waals surface area contributed by atoms with E-state index < -0.39 is 17.6 Å². The fourth-order valence-corrected chi connectivity index (χ4v) is 3.94. The summed E-state index contributed by atoms with van der Waals surface area (Å²) in [5.41, 5.74) is 0.752. The second-order valence-corrected chi connectivity index (χ2v) is 7.17. The van der Waals surface area contributed by atoms with E-state index in [0.717, 1.165) is 35.5 Å². The molecule has 144 valence electrons. The van der Waals surface area contributed by atoms with Crippen molar-refractivity contribution in [2.24, 2.45) is 10.1 Å². The summed E-state index contributed by atoms with van der Waals surface area (Å²) in [6.45, 7) is 0. The molecule has 2 aromatic rings. The van der Waals surface area contributed by atoms with Crippen molar-refractivity contribution in [3.63, 3.8) is 0 Å². The van der Waals surface area contributed by atoms with Gasteiger partial charge in [0.2, 0.25) is 5.91 Å². The Balaban J connectivity index is 1.47. The number of anilines is 1. The molecule has 1 atom stereocenters. The molecular weight excluding hydrogens is 389 g/mol. The first-order valence-electron chi connectivity index (χ1n) is 8.51. The zero-order chi connectivity index (χ0) is 19.7. The largest absolute Gasteiger partial charge is 0.418 e. The number of thioether (sulfide) groups is 1. The average Bonchev–Trinajstić information content (AvgIpc) is 3.16. The Morgan fingerprint density at radius 3 is 2.75 bits per heavy atom. The molecule has 0 spiro atoms. The van der Waals surface area contributed by atoms with E-state index >= 15 is 0 Å². The van der Waals surface area contributed by atoms with Gasteiger partial charge in [0.1, 0.15) is 0 Å². The van der Waals surface area contributed by atoms with Crippen LogP contribution in [-0.4, -0.2) is 28.1 Å². The van der Waals surface area contributed by atoms with Gasteiger partial charge in [0.15, 0.2) is 5.17 Å². The number of nitrogens with zero attached hydrogens (tertiary/aromatic N) is 3. The number of amidine groups is 1. The average molecular weight is 404 g/mol. The smallest absolute Gasteiger partial charge is 0.325 e. The van der Waals surface area contributed by atoms with Gasteiger partial charge in [-0.1, -0.05) is 42.1 Å². The van der Waals surface area contributed by atoms with Crippen molar-refractivity contribution in [1.82, 2.24) is 5.01 Å². The minimum Gasteiger partial charge on any atom is -0.325 e. The van der Waals surface area contributed by atoms with Crippen molar-refractivity contribution in [1.29, 1.82) is 0 Å². The Kier molecular flexibility index (Phi) is 4.84. The van der Waals surface area contributed by atoms with Crippen molar-refractivity contribution in [3.05, 3.63) is 59.7 Å². The summed E-state index contributed by atoms with van der Waals surface area (Å²) < 4.78 is 39.2. The number of hydrogen-bond donors (Lipinski definition) is 1. The molecule has 0 aromatic heterocycles. The minimum atomic E-state index is -4.54. The molecule has 0 fully saturated rings. The van der Waals surface area contributed by atoms with Gasteiger partial charge in [-0.15, -0.1) is 0 Å². The van der Waals surface area contributed by atoms with Gasteiger partial charge in [0.05, 0.1) is 28.7 Å². The number of rotatable bonds is 3. The zero-order valence-corrected chi connectivity index (χ0v) is 15.3. The van der Waals surface area contributed by atoms with Gasteiger partial charge in [-0.05, 0) is 18.2 Å². The lowest BCUT2D eigenvalue weighted by Crippen LogP contribution is -2.29. The molecule has 0 bridgehead atoms. The second kappa shape index (κ2) is 7.31. The summed E-state index contributed by atoms with van der Waals surface area (Å²) in [6, 6.07) is 12.7. The van der Waals surface area contributed by atoms with E-state index in [2.05, 4.69) is 15.4 Å². The lowest BCUT2D eigenvalue weighted by Gasteiger charge is -2.29. The fourth-order valence-electron chi connectivity index (χ4n) is 3.14. The number of para-hydroxylation sites is 2. The maximum Gasteiger partial charge on any atom is 0.418 e. The van der Waals surface area contributed by atoms with E-state index in [4.69, 9.17) is 0 Å². The van der Waals surface area contributed by atoms with E-state index in [1.54, 1.807) is 11.2 Å². The lowest BCUT2D eigenvalue weighted by molar-refractivity contribution is -0.137. The molecule has 2 aliphatic rings. The number of amides is 1. The molecule has 2 aliphatic heterocycles. The van der Waals surface area contributed by atoms with Crippen LogP contribution in [0.2, 0.25) is 0 Å². The summed E-state index contributed by atoms with van der Waals surface area (Å²) >= 11 is 1.15. The molecule has 0 aliphatic carbocycles. The summed E-state index contributed by atoms with van der Waals surface area (Å²) in [5, 5.41) is 8.97. The zero-order valence-electron chi connectivity index (χ0n) is 14.5. The van der Waals surface area contributed by atoms with Crippen molar-refractivity contribution in [3.8, 4) is 0 Å². The van der Waals surface area contributed by atoms with Crippen LogP contribution in [0.3, 0.4) is 0 Å². The number of nitrogens with one attached hydrogen (secondary N) is 1. The van der Waals surface area contributed by atoms with Gasteiger partial charge < -0.3 is 5.32 Å². The number of alkyl halides is 3. The molecule has 0 radical (unpaired) electrons. The van der Waals surface area contributed by atoms with Crippen molar-refractivity contribution in [2.75, 3.05) is 11.1 Å². The second-order valence-electron chi connectivity index (χ2n) is 6.23.